The maximum Gasteiger partial charge on any atom is 0.105 e. The SMILES string of the molecule is Cc1ccc2c(c1)cc(-c1cnc(CN)cn1)n2C. The lowest BCUT2D eigenvalue weighted by molar-refractivity contribution is 0.941. The van der Waals surface area contributed by atoms with Crippen molar-refractivity contribution in [1.82, 2.24) is 14.5 Å². The third kappa shape index (κ3) is 2.00. The quantitative estimate of drug-likeness (QED) is 0.762. The molecule has 0 aliphatic carbocycles. The first-order chi connectivity index (χ1) is 9.19. The van der Waals surface area contributed by atoms with Crippen LogP contribution < -0.4 is 5.73 Å². The van der Waals surface area contributed by atoms with Gasteiger partial charge in [-0.05, 0) is 25.1 Å². The summed E-state index contributed by atoms with van der Waals surface area (Å²) in [5, 5.41) is 1.22. The number of hydrogen-bond acceptors (Lipinski definition) is 3. The van der Waals surface area contributed by atoms with Crippen molar-refractivity contribution in [3.05, 3.63) is 47.9 Å². The molecule has 0 aliphatic rings. The van der Waals surface area contributed by atoms with Gasteiger partial charge in [0.25, 0.3) is 0 Å². The molecule has 0 saturated heterocycles. The first-order valence-corrected chi connectivity index (χ1v) is 6.26. The second-order valence-electron chi connectivity index (χ2n) is 4.75. The van der Waals surface area contributed by atoms with Gasteiger partial charge in [0.1, 0.15) is 5.69 Å². The number of aryl methyl sites for hydroxylation is 2. The second kappa shape index (κ2) is 4.48. The lowest BCUT2D eigenvalue weighted by atomic mass is 10.2. The Hall–Kier alpha value is -2.20. The molecule has 2 aromatic heterocycles. The number of hydrogen-bond donors (Lipinski definition) is 1. The molecule has 4 nitrogen and oxygen atoms in total. The van der Waals surface area contributed by atoms with Crippen LogP contribution >= 0.6 is 0 Å². The van der Waals surface area contributed by atoms with Gasteiger partial charge in [0.05, 0.1) is 23.8 Å². The van der Waals surface area contributed by atoms with Crippen LogP contribution in [0.5, 0.6) is 0 Å². The largest absolute Gasteiger partial charge is 0.342 e. The van der Waals surface area contributed by atoms with E-state index in [2.05, 4.69) is 45.7 Å². The summed E-state index contributed by atoms with van der Waals surface area (Å²) < 4.78 is 2.14. The molecular formula is C15H16N4. The highest BCUT2D eigenvalue weighted by Gasteiger charge is 2.09. The van der Waals surface area contributed by atoms with Crippen molar-refractivity contribution in [2.24, 2.45) is 12.8 Å². The monoisotopic (exact) mass is 252 g/mol. The molecule has 3 aromatic rings. The van der Waals surface area contributed by atoms with Gasteiger partial charge < -0.3 is 10.3 Å². The molecule has 3 rings (SSSR count). The molecule has 0 fully saturated rings. The van der Waals surface area contributed by atoms with E-state index < -0.39 is 0 Å². The standard InChI is InChI=1S/C15H16N4/c1-10-3-4-14-11(5-10)6-15(19(14)2)13-9-17-12(7-16)8-18-13/h3-6,8-9H,7,16H2,1-2H3. The first-order valence-electron chi connectivity index (χ1n) is 6.26. The summed E-state index contributed by atoms with van der Waals surface area (Å²) >= 11 is 0. The highest BCUT2D eigenvalue weighted by Crippen LogP contribution is 2.26. The molecule has 0 radical (unpaired) electrons. The number of aromatic nitrogens is 3. The van der Waals surface area contributed by atoms with E-state index in [0.717, 1.165) is 17.1 Å². The summed E-state index contributed by atoms with van der Waals surface area (Å²) in [5.41, 5.74) is 10.7. The van der Waals surface area contributed by atoms with Crippen LogP contribution in [0.1, 0.15) is 11.3 Å². The molecule has 2 heterocycles. The average Bonchev–Trinajstić information content (AvgIpc) is 2.75. The Labute approximate surface area is 111 Å². The Kier molecular flexibility index (Phi) is 2.80. The Morgan fingerprint density at radius 2 is 2.00 bits per heavy atom. The molecule has 0 atom stereocenters. The molecule has 0 amide bonds. The molecule has 2 N–H and O–H groups in total. The molecule has 0 saturated carbocycles. The zero-order valence-corrected chi connectivity index (χ0v) is 11.1. The number of benzene rings is 1. The second-order valence-corrected chi connectivity index (χ2v) is 4.75. The van der Waals surface area contributed by atoms with Crippen LogP contribution in [0.25, 0.3) is 22.3 Å². The fraction of sp³-hybridized carbons (Fsp3) is 0.200. The average molecular weight is 252 g/mol. The number of fused-ring (bicyclic) bond motifs is 1. The first kappa shape index (κ1) is 11.9. The van der Waals surface area contributed by atoms with Gasteiger partial charge in [-0.2, -0.15) is 0 Å². The molecule has 0 unspecified atom stereocenters. The number of nitrogens with zero attached hydrogens (tertiary/aromatic N) is 3. The molecule has 0 spiro atoms. The summed E-state index contributed by atoms with van der Waals surface area (Å²) in [6, 6.07) is 8.58. The summed E-state index contributed by atoms with van der Waals surface area (Å²) in [7, 11) is 2.05. The fourth-order valence-corrected chi connectivity index (χ4v) is 2.31. The van der Waals surface area contributed by atoms with E-state index in [4.69, 9.17) is 5.73 Å². The lowest BCUT2D eigenvalue weighted by Gasteiger charge is -2.04. The van der Waals surface area contributed by atoms with Gasteiger partial charge in [-0.1, -0.05) is 11.6 Å². The molecule has 19 heavy (non-hydrogen) atoms. The Morgan fingerprint density at radius 3 is 2.68 bits per heavy atom. The van der Waals surface area contributed by atoms with E-state index in [1.165, 1.54) is 16.5 Å². The number of rotatable bonds is 2. The van der Waals surface area contributed by atoms with Gasteiger partial charge in [-0.15, -0.1) is 0 Å². The van der Waals surface area contributed by atoms with Crippen molar-refractivity contribution in [1.29, 1.82) is 0 Å². The zero-order valence-electron chi connectivity index (χ0n) is 11.1. The summed E-state index contributed by atoms with van der Waals surface area (Å²) in [6.07, 6.45) is 3.52. The zero-order chi connectivity index (χ0) is 13.4. The van der Waals surface area contributed by atoms with E-state index in [1.807, 2.05) is 7.05 Å². The van der Waals surface area contributed by atoms with Gasteiger partial charge in [-0.3, -0.25) is 9.97 Å². The van der Waals surface area contributed by atoms with Gasteiger partial charge in [0.2, 0.25) is 0 Å². The molecule has 0 aliphatic heterocycles. The summed E-state index contributed by atoms with van der Waals surface area (Å²) in [6.45, 7) is 2.52. The Bertz CT molecular complexity index is 726. The topological polar surface area (TPSA) is 56.7 Å². The molecule has 4 heteroatoms. The van der Waals surface area contributed by atoms with Crippen LogP contribution in [-0.4, -0.2) is 14.5 Å². The predicted molar refractivity (Wildman–Crippen MR) is 76.6 cm³/mol. The Balaban J connectivity index is 2.15. The van der Waals surface area contributed by atoms with Gasteiger partial charge in [-0.25, -0.2) is 0 Å². The summed E-state index contributed by atoms with van der Waals surface area (Å²) in [4.78, 5) is 8.74. The van der Waals surface area contributed by atoms with Crippen molar-refractivity contribution < 1.29 is 0 Å². The van der Waals surface area contributed by atoms with Gasteiger partial charge >= 0.3 is 0 Å². The molecular weight excluding hydrogens is 236 g/mol. The number of nitrogens with two attached hydrogens (primary N) is 1. The van der Waals surface area contributed by atoms with Gasteiger partial charge in [0.15, 0.2) is 0 Å². The van der Waals surface area contributed by atoms with Crippen molar-refractivity contribution in [2.45, 2.75) is 13.5 Å². The maximum atomic E-state index is 5.54. The highest BCUT2D eigenvalue weighted by atomic mass is 15.0. The van der Waals surface area contributed by atoms with Crippen LogP contribution in [0.2, 0.25) is 0 Å². The minimum Gasteiger partial charge on any atom is -0.342 e. The normalized spacial score (nSPS) is 11.1. The third-order valence-corrected chi connectivity index (χ3v) is 3.37. The van der Waals surface area contributed by atoms with Crippen molar-refractivity contribution >= 4 is 10.9 Å². The minimum absolute atomic E-state index is 0.418. The van der Waals surface area contributed by atoms with Crippen LogP contribution in [0.3, 0.4) is 0 Å². The van der Waals surface area contributed by atoms with Crippen LogP contribution in [0.4, 0.5) is 0 Å². The van der Waals surface area contributed by atoms with Crippen molar-refractivity contribution in [3.63, 3.8) is 0 Å². The third-order valence-electron chi connectivity index (χ3n) is 3.37. The van der Waals surface area contributed by atoms with Crippen LogP contribution in [-0.2, 0) is 13.6 Å². The van der Waals surface area contributed by atoms with E-state index in [-0.39, 0.29) is 0 Å². The fourth-order valence-electron chi connectivity index (χ4n) is 2.31. The summed E-state index contributed by atoms with van der Waals surface area (Å²) in [5.74, 6) is 0. The molecule has 96 valence electrons. The Morgan fingerprint density at radius 1 is 1.16 bits per heavy atom. The lowest BCUT2D eigenvalue weighted by Crippen LogP contribution is -2.01. The highest BCUT2D eigenvalue weighted by molar-refractivity contribution is 5.86. The van der Waals surface area contributed by atoms with Crippen LogP contribution in [0.15, 0.2) is 36.7 Å². The van der Waals surface area contributed by atoms with E-state index in [9.17, 15) is 0 Å². The van der Waals surface area contributed by atoms with Gasteiger partial charge in [0, 0.05) is 24.5 Å². The molecule has 1 aromatic carbocycles. The smallest absolute Gasteiger partial charge is 0.105 e. The maximum absolute atomic E-state index is 5.54. The molecule has 0 bridgehead atoms. The van der Waals surface area contributed by atoms with E-state index >= 15 is 0 Å². The van der Waals surface area contributed by atoms with E-state index in [1.54, 1.807) is 12.4 Å². The van der Waals surface area contributed by atoms with Crippen molar-refractivity contribution in [3.8, 4) is 11.4 Å². The van der Waals surface area contributed by atoms with Crippen LogP contribution in [0, 0.1) is 6.92 Å². The van der Waals surface area contributed by atoms with E-state index in [0.29, 0.717) is 6.54 Å². The predicted octanol–water partition coefficient (Wildman–Crippen LogP) is 2.40. The van der Waals surface area contributed by atoms with Crippen molar-refractivity contribution in [2.75, 3.05) is 0 Å². The minimum atomic E-state index is 0.418.